The number of thioether (sulfide) groups is 1. The lowest BCUT2D eigenvalue weighted by molar-refractivity contribution is 0.0600. The molecule has 0 saturated heterocycles. The van der Waals surface area contributed by atoms with E-state index in [9.17, 15) is 4.79 Å². The van der Waals surface area contributed by atoms with Gasteiger partial charge in [0.1, 0.15) is 12.4 Å². The highest BCUT2D eigenvalue weighted by Gasteiger charge is 2.12. The number of esters is 1. The molecule has 0 amide bonds. The van der Waals surface area contributed by atoms with E-state index in [1.54, 1.807) is 12.1 Å². The molecule has 2 N–H and O–H groups in total. The number of carbonyl (C=O) groups is 1. The summed E-state index contributed by atoms with van der Waals surface area (Å²) in [5, 5.41) is 8.82. The first-order valence-corrected chi connectivity index (χ1v) is 10.2. The van der Waals surface area contributed by atoms with E-state index in [-0.39, 0.29) is 12.6 Å². The van der Waals surface area contributed by atoms with E-state index in [2.05, 4.69) is 36.2 Å². The van der Waals surface area contributed by atoms with Crippen molar-refractivity contribution in [2.75, 3.05) is 13.0 Å². The topological polar surface area (TPSA) is 92.3 Å². The van der Waals surface area contributed by atoms with Crippen LogP contribution in [0.25, 0.3) is 0 Å². The summed E-state index contributed by atoms with van der Waals surface area (Å²) in [5.74, 6) is 8.11. The van der Waals surface area contributed by atoms with Crippen LogP contribution in [0.3, 0.4) is 0 Å². The fourth-order valence-corrected chi connectivity index (χ4v) is 3.47. The lowest BCUT2D eigenvalue weighted by Gasteiger charge is -2.09. The Balaban J connectivity index is 1.58. The van der Waals surface area contributed by atoms with Crippen LogP contribution in [-0.4, -0.2) is 28.0 Å². The number of nitrogens with zero attached hydrogens (tertiary/aromatic N) is 3. The fourth-order valence-electron chi connectivity index (χ4n) is 2.65. The summed E-state index contributed by atoms with van der Waals surface area (Å²) in [6.45, 7) is 4.53. The normalized spacial score (nSPS) is 10.9. The molecule has 0 fully saturated rings. The first-order valence-electron chi connectivity index (χ1n) is 9.20. The molecule has 29 heavy (non-hydrogen) atoms. The maximum atomic E-state index is 11.6. The molecule has 0 aliphatic carbocycles. The molecule has 0 unspecified atom stereocenters. The SMILES string of the molecule is COC(=O)c1cccc(CSc2nnc(COc3ccc(C(C)C)cc3)n2N)c1. The summed E-state index contributed by atoms with van der Waals surface area (Å²) in [5.41, 5.74) is 2.73. The molecule has 152 valence electrons. The highest BCUT2D eigenvalue weighted by atomic mass is 32.2. The van der Waals surface area contributed by atoms with Gasteiger partial charge in [0.25, 0.3) is 0 Å². The van der Waals surface area contributed by atoms with Crippen LogP contribution in [-0.2, 0) is 17.1 Å². The van der Waals surface area contributed by atoms with E-state index in [1.807, 2.05) is 24.3 Å². The minimum Gasteiger partial charge on any atom is -0.486 e. The Labute approximate surface area is 174 Å². The lowest BCUT2D eigenvalue weighted by Crippen LogP contribution is -2.15. The Kier molecular flexibility index (Phi) is 6.77. The van der Waals surface area contributed by atoms with Crippen molar-refractivity contribution in [1.82, 2.24) is 14.9 Å². The van der Waals surface area contributed by atoms with Crippen LogP contribution >= 0.6 is 11.8 Å². The van der Waals surface area contributed by atoms with Crippen LogP contribution in [0.5, 0.6) is 5.75 Å². The van der Waals surface area contributed by atoms with Gasteiger partial charge in [-0.2, -0.15) is 0 Å². The van der Waals surface area contributed by atoms with Crippen molar-refractivity contribution in [3.8, 4) is 5.75 Å². The smallest absolute Gasteiger partial charge is 0.337 e. The van der Waals surface area contributed by atoms with E-state index in [0.29, 0.717) is 28.2 Å². The number of ether oxygens (including phenoxy) is 2. The second kappa shape index (κ2) is 9.47. The number of carbonyl (C=O) groups excluding carboxylic acids is 1. The van der Waals surface area contributed by atoms with E-state index in [4.69, 9.17) is 15.3 Å². The van der Waals surface area contributed by atoms with Gasteiger partial charge in [-0.25, -0.2) is 9.47 Å². The van der Waals surface area contributed by atoms with Crippen molar-refractivity contribution < 1.29 is 14.3 Å². The van der Waals surface area contributed by atoms with Gasteiger partial charge < -0.3 is 15.3 Å². The van der Waals surface area contributed by atoms with Crippen molar-refractivity contribution in [2.24, 2.45) is 0 Å². The molecule has 1 aromatic heterocycles. The second-order valence-electron chi connectivity index (χ2n) is 6.76. The average Bonchev–Trinajstić information content (AvgIpc) is 3.10. The van der Waals surface area contributed by atoms with Gasteiger partial charge in [0.2, 0.25) is 5.16 Å². The Morgan fingerprint density at radius 1 is 1.17 bits per heavy atom. The molecule has 0 spiro atoms. The zero-order valence-electron chi connectivity index (χ0n) is 16.7. The zero-order valence-corrected chi connectivity index (χ0v) is 17.5. The number of hydrogen-bond acceptors (Lipinski definition) is 7. The monoisotopic (exact) mass is 412 g/mol. The highest BCUT2D eigenvalue weighted by Crippen LogP contribution is 2.22. The third-order valence-corrected chi connectivity index (χ3v) is 5.38. The van der Waals surface area contributed by atoms with Crippen molar-refractivity contribution in [3.05, 3.63) is 71.0 Å². The Morgan fingerprint density at radius 2 is 1.93 bits per heavy atom. The lowest BCUT2D eigenvalue weighted by atomic mass is 10.0. The minimum absolute atomic E-state index is 0.225. The Hall–Kier alpha value is -3.00. The minimum atomic E-state index is -0.361. The number of benzene rings is 2. The number of methoxy groups -OCH3 is 1. The van der Waals surface area contributed by atoms with Crippen LogP contribution in [0.15, 0.2) is 53.7 Å². The first-order chi connectivity index (χ1) is 14.0. The van der Waals surface area contributed by atoms with Crippen LogP contribution in [0, 0.1) is 0 Å². The van der Waals surface area contributed by atoms with Crippen LogP contribution in [0.1, 0.15) is 47.1 Å². The Morgan fingerprint density at radius 3 is 2.62 bits per heavy atom. The average molecular weight is 413 g/mol. The largest absolute Gasteiger partial charge is 0.486 e. The predicted octanol–water partition coefficient (Wildman–Crippen LogP) is 3.77. The van der Waals surface area contributed by atoms with Crippen LogP contribution in [0.4, 0.5) is 0 Å². The zero-order chi connectivity index (χ0) is 20.8. The second-order valence-corrected chi connectivity index (χ2v) is 7.70. The molecule has 0 saturated carbocycles. The Bertz CT molecular complexity index is 970. The van der Waals surface area contributed by atoms with Crippen molar-refractivity contribution in [1.29, 1.82) is 0 Å². The summed E-state index contributed by atoms with van der Waals surface area (Å²) >= 11 is 1.43. The van der Waals surface area contributed by atoms with Crippen LogP contribution in [0.2, 0.25) is 0 Å². The van der Waals surface area contributed by atoms with Gasteiger partial charge >= 0.3 is 5.97 Å². The first kappa shape index (κ1) is 20.7. The van der Waals surface area contributed by atoms with Gasteiger partial charge in [0.05, 0.1) is 12.7 Å². The molecule has 0 radical (unpaired) electrons. The van der Waals surface area contributed by atoms with Crippen LogP contribution < -0.4 is 10.6 Å². The van der Waals surface area contributed by atoms with Gasteiger partial charge in [-0.3, -0.25) is 0 Å². The van der Waals surface area contributed by atoms with E-state index >= 15 is 0 Å². The molecule has 3 rings (SSSR count). The molecular formula is C21H24N4O3S. The van der Waals surface area contributed by atoms with Gasteiger partial charge in [-0.1, -0.05) is 49.9 Å². The molecule has 1 heterocycles. The molecule has 3 aromatic rings. The molecule has 7 nitrogen and oxygen atoms in total. The third kappa shape index (κ3) is 5.29. The highest BCUT2D eigenvalue weighted by molar-refractivity contribution is 7.98. The fraction of sp³-hybridized carbons (Fsp3) is 0.286. The maximum Gasteiger partial charge on any atom is 0.337 e. The molecule has 0 atom stereocenters. The number of aromatic nitrogens is 3. The van der Waals surface area contributed by atoms with Gasteiger partial charge in [-0.15, -0.1) is 10.2 Å². The maximum absolute atomic E-state index is 11.6. The van der Waals surface area contributed by atoms with Gasteiger partial charge in [0.15, 0.2) is 5.82 Å². The molecule has 2 aromatic carbocycles. The number of nitrogens with two attached hydrogens (primary N) is 1. The quantitative estimate of drug-likeness (QED) is 0.342. The third-order valence-electron chi connectivity index (χ3n) is 4.37. The molecular weight excluding hydrogens is 388 g/mol. The van der Waals surface area contributed by atoms with Crippen molar-refractivity contribution in [2.45, 2.75) is 37.3 Å². The van der Waals surface area contributed by atoms with Crippen molar-refractivity contribution in [3.63, 3.8) is 0 Å². The van der Waals surface area contributed by atoms with E-state index in [1.165, 1.54) is 29.1 Å². The van der Waals surface area contributed by atoms with E-state index < -0.39 is 0 Å². The van der Waals surface area contributed by atoms with Gasteiger partial charge in [0, 0.05) is 5.75 Å². The summed E-state index contributed by atoms with van der Waals surface area (Å²) in [7, 11) is 1.36. The summed E-state index contributed by atoms with van der Waals surface area (Å²) < 4.78 is 12.0. The number of rotatable bonds is 8. The predicted molar refractivity (Wildman–Crippen MR) is 112 cm³/mol. The number of hydrogen-bond donors (Lipinski definition) is 1. The standard InChI is InChI=1S/C21H24N4O3S/c1-14(2)16-7-9-18(10-8-16)28-12-19-23-24-21(25(19)22)29-13-15-5-4-6-17(11-15)20(26)27-3/h4-11,14H,12-13,22H2,1-3H3. The molecule has 0 bridgehead atoms. The van der Waals surface area contributed by atoms with Crippen molar-refractivity contribution >= 4 is 17.7 Å². The summed E-state index contributed by atoms with van der Waals surface area (Å²) in [6, 6.07) is 15.2. The molecule has 8 heteroatoms. The van der Waals surface area contributed by atoms with E-state index in [0.717, 1.165) is 11.3 Å². The summed E-state index contributed by atoms with van der Waals surface area (Å²) in [4.78, 5) is 11.6. The van der Waals surface area contributed by atoms with Gasteiger partial charge in [-0.05, 0) is 41.3 Å². The molecule has 0 aliphatic heterocycles. The molecule has 0 aliphatic rings. The number of nitrogen functional groups attached to an aromatic ring is 1. The summed E-state index contributed by atoms with van der Waals surface area (Å²) in [6.07, 6.45) is 0.